The van der Waals surface area contributed by atoms with Gasteiger partial charge in [-0.2, -0.15) is 5.10 Å². The summed E-state index contributed by atoms with van der Waals surface area (Å²) in [6.45, 7) is 0.949. The minimum Gasteiger partial charge on any atom is -0.383 e. The maximum atomic E-state index is 12.0. The third kappa shape index (κ3) is 2.15. The molecule has 0 radical (unpaired) electrons. The number of halogens is 1. The van der Waals surface area contributed by atoms with Crippen molar-refractivity contribution in [3.8, 4) is 0 Å². The van der Waals surface area contributed by atoms with E-state index in [1.807, 2.05) is 18.2 Å². The summed E-state index contributed by atoms with van der Waals surface area (Å²) in [4.78, 5) is 12.0. The van der Waals surface area contributed by atoms with Crippen LogP contribution in [-0.2, 0) is 11.3 Å². The van der Waals surface area contributed by atoms with Crippen LogP contribution in [0.5, 0.6) is 0 Å². The van der Waals surface area contributed by atoms with E-state index in [0.717, 1.165) is 9.86 Å². The van der Waals surface area contributed by atoms with E-state index in [1.165, 1.54) is 4.68 Å². The molecule has 0 aliphatic rings. The molecule has 0 spiro atoms. The van der Waals surface area contributed by atoms with E-state index in [-0.39, 0.29) is 5.56 Å². The van der Waals surface area contributed by atoms with Gasteiger partial charge in [0.2, 0.25) is 0 Å². The molecule has 1 aromatic carbocycles. The van der Waals surface area contributed by atoms with Crippen LogP contribution in [-0.4, -0.2) is 23.5 Å². The van der Waals surface area contributed by atoms with Gasteiger partial charge in [0.25, 0.3) is 5.56 Å². The molecule has 5 heteroatoms. The van der Waals surface area contributed by atoms with E-state index in [2.05, 4.69) is 21.0 Å². The van der Waals surface area contributed by atoms with Gasteiger partial charge in [-0.05, 0) is 12.1 Å². The van der Waals surface area contributed by atoms with Crippen LogP contribution >= 0.6 is 15.9 Å². The van der Waals surface area contributed by atoms with Gasteiger partial charge >= 0.3 is 0 Å². The van der Waals surface area contributed by atoms with Gasteiger partial charge in [0, 0.05) is 17.0 Å². The lowest BCUT2D eigenvalue weighted by Gasteiger charge is -2.05. The van der Waals surface area contributed by atoms with Crippen LogP contribution in [0.1, 0.15) is 0 Å². The monoisotopic (exact) mass is 282 g/mol. The second-order valence-electron chi connectivity index (χ2n) is 3.40. The Morgan fingerprint density at radius 3 is 3.06 bits per heavy atom. The van der Waals surface area contributed by atoms with Crippen molar-refractivity contribution in [1.29, 1.82) is 0 Å². The number of fused-ring (bicyclic) bond motifs is 1. The standard InChI is InChI=1S/C11H11BrN2O2/c1-16-5-4-14-11(15)10-6-9(12)3-2-8(10)7-13-14/h2-3,6-7H,4-5H2,1H3. The average Bonchev–Trinajstić information content (AvgIpc) is 2.29. The van der Waals surface area contributed by atoms with Crippen molar-refractivity contribution in [1.82, 2.24) is 9.78 Å². The first-order valence-electron chi connectivity index (χ1n) is 4.86. The van der Waals surface area contributed by atoms with Crippen molar-refractivity contribution in [2.24, 2.45) is 0 Å². The summed E-state index contributed by atoms with van der Waals surface area (Å²) in [5.41, 5.74) is -0.0872. The molecule has 16 heavy (non-hydrogen) atoms. The number of methoxy groups -OCH3 is 1. The Balaban J connectivity index is 2.55. The molecule has 0 saturated heterocycles. The van der Waals surface area contributed by atoms with E-state index in [1.54, 1.807) is 13.3 Å². The Kier molecular flexibility index (Phi) is 3.36. The highest BCUT2D eigenvalue weighted by molar-refractivity contribution is 9.10. The summed E-state index contributed by atoms with van der Waals surface area (Å²) in [6, 6.07) is 5.57. The van der Waals surface area contributed by atoms with Crippen molar-refractivity contribution in [2.45, 2.75) is 6.54 Å². The Labute approximate surface area is 101 Å². The third-order valence-electron chi connectivity index (χ3n) is 2.32. The van der Waals surface area contributed by atoms with Crippen LogP contribution < -0.4 is 5.56 Å². The van der Waals surface area contributed by atoms with Gasteiger partial charge in [-0.3, -0.25) is 4.79 Å². The second-order valence-corrected chi connectivity index (χ2v) is 4.31. The minimum absolute atomic E-state index is 0.0872. The Morgan fingerprint density at radius 2 is 2.31 bits per heavy atom. The van der Waals surface area contributed by atoms with E-state index >= 15 is 0 Å². The maximum Gasteiger partial charge on any atom is 0.274 e. The summed E-state index contributed by atoms with van der Waals surface area (Å²) in [7, 11) is 1.60. The molecule has 0 N–H and O–H groups in total. The lowest BCUT2D eigenvalue weighted by Crippen LogP contribution is -2.24. The number of nitrogens with zero attached hydrogens (tertiary/aromatic N) is 2. The lowest BCUT2D eigenvalue weighted by molar-refractivity contribution is 0.182. The van der Waals surface area contributed by atoms with Crippen LogP contribution in [0.3, 0.4) is 0 Å². The van der Waals surface area contributed by atoms with Gasteiger partial charge in [0.1, 0.15) is 0 Å². The molecule has 2 rings (SSSR count). The van der Waals surface area contributed by atoms with Crippen molar-refractivity contribution >= 4 is 26.7 Å². The van der Waals surface area contributed by atoms with Gasteiger partial charge in [-0.25, -0.2) is 4.68 Å². The van der Waals surface area contributed by atoms with Crippen molar-refractivity contribution in [2.75, 3.05) is 13.7 Å². The normalized spacial score (nSPS) is 10.9. The minimum atomic E-state index is -0.0872. The van der Waals surface area contributed by atoms with Crippen molar-refractivity contribution < 1.29 is 4.74 Å². The highest BCUT2D eigenvalue weighted by Crippen LogP contribution is 2.15. The van der Waals surface area contributed by atoms with Gasteiger partial charge < -0.3 is 4.74 Å². The summed E-state index contributed by atoms with van der Waals surface area (Å²) >= 11 is 3.35. The molecule has 1 aromatic heterocycles. The molecule has 1 heterocycles. The van der Waals surface area contributed by atoms with Crippen molar-refractivity contribution in [3.05, 3.63) is 39.2 Å². The predicted molar refractivity (Wildman–Crippen MR) is 65.6 cm³/mol. The van der Waals surface area contributed by atoms with E-state index < -0.39 is 0 Å². The summed E-state index contributed by atoms with van der Waals surface area (Å²) < 4.78 is 7.23. The molecule has 0 bridgehead atoms. The number of benzene rings is 1. The topological polar surface area (TPSA) is 44.1 Å². The molecule has 0 aliphatic carbocycles. The summed E-state index contributed by atoms with van der Waals surface area (Å²) in [5.74, 6) is 0. The quantitative estimate of drug-likeness (QED) is 0.862. The maximum absolute atomic E-state index is 12.0. The number of hydrogen-bond donors (Lipinski definition) is 0. The molecule has 0 aliphatic heterocycles. The predicted octanol–water partition coefficient (Wildman–Crippen LogP) is 1.81. The third-order valence-corrected chi connectivity index (χ3v) is 2.82. The molecule has 4 nitrogen and oxygen atoms in total. The molecular weight excluding hydrogens is 272 g/mol. The zero-order chi connectivity index (χ0) is 11.5. The van der Waals surface area contributed by atoms with Gasteiger partial charge in [-0.15, -0.1) is 0 Å². The largest absolute Gasteiger partial charge is 0.383 e. The van der Waals surface area contributed by atoms with E-state index in [0.29, 0.717) is 18.5 Å². The molecule has 0 unspecified atom stereocenters. The molecule has 2 aromatic rings. The Hall–Kier alpha value is -1.20. The first-order chi connectivity index (χ1) is 7.72. The smallest absolute Gasteiger partial charge is 0.274 e. The van der Waals surface area contributed by atoms with Crippen molar-refractivity contribution in [3.63, 3.8) is 0 Å². The Bertz CT molecular complexity index is 565. The number of rotatable bonds is 3. The van der Waals surface area contributed by atoms with Crippen LogP contribution in [0, 0.1) is 0 Å². The Morgan fingerprint density at radius 1 is 1.50 bits per heavy atom. The SMILES string of the molecule is COCCn1ncc2ccc(Br)cc2c1=O. The first kappa shape index (κ1) is 11.3. The van der Waals surface area contributed by atoms with Gasteiger partial charge in [0.05, 0.1) is 24.7 Å². The molecule has 84 valence electrons. The van der Waals surface area contributed by atoms with E-state index in [4.69, 9.17) is 4.74 Å². The highest BCUT2D eigenvalue weighted by atomic mass is 79.9. The van der Waals surface area contributed by atoms with Crippen LogP contribution in [0.15, 0.2) is 33.7 Å². The molecule has 0 atom stereocenters. The number of hydrogen-bond acceptors (Lipinski definition) is 3. The number of aromatic nitrogens is 2. The zero-order valence-corrected chi connectivity index (χ0v) is 10.4. The molecular formula is C11H11BrN2O2. The summed E-state index contributed by atoms with van der Waals surface area (Å²) in [6.07, 6.45) is 1.69. The van der Waals surface area contributed by atoms with Crippen LogP contribution in [0.2, 0.25) is 0 Å². The molecule has 0 amide bonds. The van der Waals surface area contributed by atoms with E-state index in [9.17, 15) is 4.79 Å². The zero-order valence-electron chi connectivity index (χ0n) is 8.81. The molecule has 0 saturated carbocycles. The highest BCUT2D eigenvalue weighted by Gasteiger charge is 2.03. The fraction of sp³-hybridized carbons (Fsp3) is 0.273. The second kappa shape index (κ2) is 4.76. The number of ether oxygens (including phenoxy) is 1. The van der Waals surface area contributed by atoms with Crippen LogP contribution in [0.25, 0.3) is 10.8 Å². The average molecular weight is 283 g/mol. The van der Waals surface area contributed by atoms with Crippen LogP contribution in [0.4, 0.5) is 0 Å². The van der Waals surface area contributed by atoms with Gasteiger partial charge in [0.15, 0.2) is 0 Å². The van der Waals surface area contributed by atoms with Gasteiger partial charge in [-0.1, -0.05) is 22.0 Å². The first-order valence-corrected chi connectivity index (χ1v) is 5.66. The fourth-order valence-corrected chi connectivity index (χ4v) is 1.85. The fourth-order valence-electron chi connectivity index (χ4n) is 1.49. The lowest BCUT2D eigenvalue weighted by atomic mass is 10.2. The summed E-state index contributed by atoms with van der Waals surface area (Å²) in [5, 5.41) is 5.60. The molecule has 0 fully saturated rings.